The van der Waals surface area contributed by atoms with Crippen LogP contribution >= 0.6 is 0 Å². The molecule has 0 spiro atoms. The van der Waals surface area contributed by atoms with E-state index in [0.29, 0.717) is 30.0 Å². The zero-order valence-corrected chi connectivity index (χ0v) is 20.6. The van der Waals surface area contributed by atoms with Gasteiger partial charge in [-0.1, -0.05) is 30.3 Å². The minimum Gasteiger partial charge on any atom is -0.481 e. The number of nitrogens with zero attached hydrogens (tertiary/aromatic N) is 3. The van der Waals surface area contributed by atoms with Gasteiger partial charge in [0.2, 0.25) is 5.91 Å². The second-order valence-corrected chi connectivity index (χ2v) is 9.44. The number of benzene rings is 2. The summed E-state index contributed by atoms with van der Waals surface area (Å²) < 4.78 is 1.93. The molecule has 1 fully saturated rings. The number of carboxylic acid groups (broad SMARTS) is 1. The molecule has 4 rings (SSSR count). The van der Waals surface area contributed by atoms with Crippen LogP contribution in [0, 0.1) is 5.41 Å². The first-order valence-electron chi connectivity index (χ1n) is 12.0. The van der Waals surface area contributed by atoms with Gasteiger partial charge in [0.15, 0.2) is 0 Å². The summed E-state index contributed by atoms with van der Waals surface area (Å²) in [5.74, 6) is -0.338. The highest BCUT2D eigenvalue weighted by molar-refractivity contribution is 5.95. The van der Waals surface area contributed by atoms with Crippen LogP contribution in [0.3, 0.4) is 0 Å². The van der Waals surface area contributed by atoms with Gasteiger partial charge in [-0.15, -0.1) is 0 Å². The van der Waals surface area contributed by atoms with Crippen LogP contribution in [0.5, 0.6) is 0 Å². The van der Waals surface area contributed by atoms with Crippen LogP contribution in [0.25, 0.3) is 11.0 Å². The fourth-order valence-corrected chi connectivity index (χ4v) is 4.78. The van der Waals surface area contributed by atoms with Crippen molar-refractivity contribution >= 4 is 28.7 Å². The number of carboxylic acids is 1. The Balaban J connectivity index is 1.69. The van der Waals surface area contributed by atoms with Gasteiger partial charge in [-0.2, -0.15) is 0 Å². The number of amides is 1. The Morgan fingerprint density at radius 1 is 1.19 bits per heavy atom. The van der Waals surface area contributed by atoms with Crippen molar-refractivity contribution in [2.24, 2.45) is 18.5 Å². The van der Waals surface area contributed by atoms with Gasteiger partial charge in [0.25, 0.3) is 0 Å². The Labute approximate surface area is 209 Å². The van der Waals surface area contributed by atoms with E-state index in [1.807, 2.05) is 53.8 Å². The summed E-state index contributed by atoms with van der Waals surface area (Å²) in [6, 6.07) is 12.4. The second-order valence-electron chi connectivity index (χ2n) is 9.44. The number of carbonyl (C=O) groups excluding carboxylic acids is 1. The van der Waals surface area contributed by atoms with Crippen molar-refractivity contribution in [1.82, 2.24) is 19.8 Å². The maximum Gasteiger partial charge on any atom is 0.304 e. The highest BCUT2D eigenvalue weighted by Crippen LogP contribution is 2.30. The van der Waals surface area contributed by atoms with Crippen molar-refractivity contribution in [3.63, 3.8) is 0 Å². The van der Waals surface area contributed by atoms with Crippen LogP contribution in [0.4, 0.5) is 0 Å². The number of fused-ring (bicyclic) bond motifs is 1. The molecule has 1 aliphatic rings. The number of nitrogens with one attached hydrogen (secondary N) is 2. The molecular formula is C26H33N7O3. The standard InChI is InChI=1S/C26H33N7O3/c1-26(30-12-11-21(34)35,25(36)33-13-3-4-14-33)18-9-10-20-19(15-18)31-24(32(20)2)22(27)16-5-7-17(8-6-16)23(28)29/h5-10,15,22,30H,3-4,11-14,27H2,1-2H3,(H3,28,29)(H,34,35). The van der Waals surface area contributed by atoms with Gasteiger partial charge < -0.3 is 26.0 Å². The zero-order valence-electron chi connectivity index (χ0n) is 20.6. The molecule has 2 atom stereocenters. The SMILES string of the molecule is Cn1c(C(N)c2ccc(C(=N)N)cc2)nc2cc(C(C)(NCCC(=O)O)C(=O)N3CCCC3)ccc21. The monoisotopic (exact) mass is 491 g/mol. The number of aryl methyl sites for hydroxylation is 1. The summed E-state index contributed by atoms with van der Waals surface area (Å²) in [7, 11) is 1.90. The second kappa shape index (κ2) is 10.1. The third-order valence-electron chi connectivity index (χ3n) is 6.99. The summed E-state index contributed by atoms with van der Waals surface area (Å²) in [6.07, 6.45) is 1.84. The van der Waals surface area contributed by atoms with E-state index in [-0.39, 0.29) is 24.7 Å². The quantitative estimate of drug-likeness (QED) is 0.225. The first-order valence-corrected chi connectivity index (χ1v) is 12.0. The maximum atomic E-state index is 13.6. The number of amidine groups is 1. The highest BCUT2D eigenvalue weighted by atomic mass is 16.4. The van der Waals surface area contributed by atoms with E-state index in [9.17, 15) is 9.59 Å². The molecule has 36 heavy (non-hydrogen) atoms. The van der Waals surface area contributed by atoms with E-state index in [1.54, 1.807) is 12.1 Å². The van der Waals surface area contributed by atoms with E-state index in [2.05, 4.69) is 5.32 Å². The molecule has 1 aromatic heterocycles. The van der Waals surface area contributed by atoms with Gasteiger partial charge in [-0.25, -0.2) is 4.98 Å². The number of aliphatic carboxylic acids is 1. The molecule has 3 aromatic rings. The normalized spacial score (nSPS) is 16.1. The lowest BCUT2D eigenvalue weighted by Crippen LogP contribution is -2.53. The molecule has 10 heteroatoms. The zero-order chi connectivity index (χ0) is 26.0. The fourth-order valence-electron chi connectivity index (χ4n) is 4.78. The van der Waals surface area contributed by atoms with Crippen LogP contribution in [-0.2, 0) is 22.2 Å². The summed E-state index contributed by atoms with van der Waals surface area (Å²) in [5.41, 5.74) is 14.8. The van der Waals surface area contributed by atoms with Gasteiger partial charge in [0.05, 0.1) is 23.5 Å². The molecule has 0 aliphatic carbocycles. The van der Waals surface area contributed by atoms with Crippen molar-refractivity contribution in [3.05, 3.63) is 65.0 Å². The van der Waals surface area contributed by atoms with E-state index in [0.717, 1.165) is 29.5 Å². The minimum atomic E-state index is -1.09. The number of hydrogen-bond donors (Lipinski definition) is 5. The van der Waals surface area contributed by atoms with E-state index in [1.165, 1.54) is 0 Å². The summed E-state index contributed by atoms with van der Waals surface area (Å²) in [5, 5.41) is 19.9. The van der Waals surface area contributed by atoms with Crippen LogP contribution in [0.2, 0.25) is 0 Å². The predicted molar refractivity (Wildman–Crippen MR) is 138 cm³/mol. The Morgan fingerprint density at radius 3 is 2.47 bits per heavy atom. The highest BCUT2D eigenvalue weighted by Gasteiger charge is 2.39. The van der Waals surface area contributed by atoms with Crippen LogP contribution in [-0.4, -0.2) is 56.9 Å². The van der Waals surface area contributed by atoms with E-state index < -0.39 is 17.6 Å². The van der Waals surface area contributed by atoms with Gasteiger partial charge in [0, 0.05) is 32.2 Å². The minimum absolute atomic E-state index is 0.00567. The topological polar surface area (TPSA) is 163 Å². The van der Waals surface area contributed by atoms with Crippen molar-refractivity contribution in [3.8, 4) is 0 Å². The van der Waals surface area contributed by atoms with Crippen molar-refractivity contribution in [1.29, 1.82) is 5.41 Å². The third kappa shape index (κ3) is 4.82. The maximum absolute atomic E-state index is 13.6. The average Bonchev–Trinajstić information content (AvgIpc) is 3.51. The first-order chi connectivity index (χ1) is 17.1. The van der Waals surface area contributed by atoms with E-state index >= 15 is 0 Å². The lowest BCUT2D eigenvalue weighted by atomic mass is 9.89. The molecule has 190 valence electrons. The molecule has 0 radical (unpaired) electrons. The Bertz CT molecular complexity index is 1290. The molecule has 1 saturated heterocycles. The molecule has 10 nitrogen and oxygen atoms in total. The first kappa shape index (κ1) is 25.3. The summed E-state index contributed by atoms with van der Waals surface area (Å²) in [6.45, 7) is 3.37. The average molecular weight is 492 g/mol. The van der Waals surface area contributed by atoms with Crippen molar-refractivity contribution < 1.29 is 14.7 Å². The van der Waals surface area contributed by atoms with Crippen LogP contribution < -0.4 is 16.8 Å². The number of nitrogens with two attached hydrogens (primary N) is 2. The smallest absolute Gasteiger partial charge is 0.304 e. The fraction of sp³-hybridized carbons (Fsp3) is 0.385. The molecule has 7 N–H and O–H groups in total. The number of aromatic nitrogens is 2. The number of rotatable bonds is 9. The van der Waals surface area contributed by atoms with Gasteiger partial charge in [-0.3, -0.25) is 20.3 Å². The van der Waals surface area contributed by atoms with Crippen molar-refractivity contribution in [2.45, 2.75) is 37.8 Å². The van der Waals surface area contributed by atoms with Crippen LogP contribution in [0.15, 0.2) is 42.5 Å². The van der Waals surface area contributed by atoms with Gasteiger partial charge in [0.1, 0.15) is 17.2 Å². The molecule has 2 aromatic carbocycles. The number of nitrogen functional groups attached to an aromatic ring is 1. The molecular weight excluding hydrogens is 458 g/mol. The summed E-state index contributed by atoms with van der Waals surface area (Å²) in [4.78, 5) is 31.3. The van der Waals surface area contributed by atoms with Crippen LogP contribution in [0.1, 0.15) is 54.7 Å². The molecule has 1 amide bonds. The van der Waals surface area contributed by atoms with Crippen molar-refractivity contribution in [2.75, 3.05) is 19.6 Å². The summed E-state index contributed by atoms with van der Waals surface area (Å²) >= 11 is 0. The number of likely N-dealkylation sites (tertiary alicyclic amines) is 1. The lowest BCUT2D eigenvalue weighted by molar-refractivity contribution is -0.139. The van der Waals surface area contributed by atoms with Gasteiger partial charge in [-0.05, 0) is 43.0 Å². The number of carbonyl (C=O) groups is 2. The molecule has 2 unspecified atom stereocenters. The largest absolute Gasteiger partial charge is 0.481 e. The third-order valence-corrected chi connectivity index (χ3v) is 6.99. The molecule has 1 aliphatic heterocycles. The Kier molecular flexibility index (Phi) is 7.09. The number of hydrogen-bond acceptors (Lipinski definition) is 6. The molecule has 0 saturated carbocycles. The van der Waals surface area contributed by atoms with Gasteiger partial charge >= 0.3 is 5.97 Å². The number of imidazole rings is 1. The van der Waals surface area contributed by atoms with E-state index in [4.69, 9.17) is 27.0 Å². The Morgan fingerprint density at radius 2 is 1.86 bits per heavy atom. The molecule has 0 bridgehead atoms. The molecule has 2 heterocycles. The Hall–Kier alpha value is -3.76. The lowest BCUT2D eigenvalue weighted by Gasteiger charge is -2.34. The predicted octanol–water partition coefficient (Wildman–Crippen LogP) is 1.81.